The van der Waals surface area contributed by atoms with Crippen LogP contribution in [0, 0.1) is 6.92 Å². The van der Waals surface area contributed by atoms with Gasteiger partial charge in [-0.25, -0.2) is 0 Å². The second-order valence-corrected chi connectivity index (χ2v) is 6.32. The Hall–Kier alpha value is -0.835. The molecule has 0 radical (unpaired) electrons. The van der Waals surface area contributed by atoms with Gasteiger partial charge < -0.3 is 15.0 Å². The minimum absolute atomic E-state index is 0.281. The van der Waals surface area contributed by atoms with Crippen molar-refractivity contribution in [1.29, 1.82) is 0 Å². The minimum Gasteiger partial charge on any atom is -0.399 e. The summed E-state index contributed by atoms with van der Waals surface area (Å²) in [5, 5.41) is 0. The molecular formula is C15H24BNO2. The summed E-state index contributed by atoms with van der Waals surface area (Å²) in [5.41, 5.74) is 8.58. The van der Waals surface area contributed by atoms with E-state index in [1.807, 2.05) is 0 Å². The van der Waals surface area contributed by atoms with Crippen LogP contribution < -0.4 is 11.2 Å². The van der Waals surface area contributed by atoms with Crippen molar-refractivity contribution < 1.29 is 9.31 Å². The summed E-state index contributed by atoms with van der Waals surface area (Å²) in [6, 6.07) is 6.38. The van der Waals surface area contributed by atoms with E-state index < -0.39 is 0 Å². The Bertz CT molecular complexity index is 455. The highest BCUT2D eigenvalue weighted by atomic mass is 16.7. The van der Waals surface area contributed by atoms with Gasteiger partial charge in [-0.05, 0) is 58.6 Å². The van der Waals surface area contributed by atoms with E-state index in [0.29, 0.717) is 6.54 Å². The number of aryl methyl sites for hydroxylation is 1. The van der Waals surface area contributed by atoms with Gasteiger partial charge in [0, 0.05) is 0 Å². The summed E-state index contributed by atoms with van der Waals surface area (Å²) < 4.78 is 12.2. The zero-order valence-corrected chi connectivity index (χ0v) is 12.6. The van der Waals surface area contributed by atoms with Crippen LogP contribution in [0.2, 0.25) is 0 Å². The first-order valence-corrected chi connectivity index (χ1v) is 6.92. The van der Waals surface area contributed by atoms with Gasteiger partial charge in [-0.1, -0.05) is 23.8 Å². The van der Waals surface area contributed by atoms with Crippen LogP contribution in [-0.4, -0.2) is 24.9 Å². The molecule has 19 heavy (non-hydrogen) atoms. The lowest BCUT2D eigenvalue weighted by Gasteiger charge is -2.32. The van der Waals surface area contributed by atoms with Crippen LogP contribution >= 0.6 is 0 Å². The third-order valence-corrected chi connectivity index (χ3v) is 4.27. The van der Waals surface area contributed by atoms with Gasteiger partial charge >= 0.3 is 7.12 Å². The topological polar surface area (TPSA) is 44.5 Å². The third-order valence-electron chi connectivity index (χ3n) is 4.27. The zero-order valence-electron chi connectivity index (χ0n) is 12.6. The number of nitrogens with two attached hydrogens (primary N) is 1. The molecule has 0 spiro atoms. The quantitative estimate of drug-likeness (QED) is 0.844. The van der Waals surface area contributed by atoms with Crippen molar-refractivity contribution in [1.82, 2.24) is 0 Å². The molecule has 1 fully saturated rings. The average molecular weight is 261 g/mol. The van der Waals surface area contributed by atoms with Crippen molar-refractivity contribution in [3.8, 4) is 0 Å². The molecule has 104 valence electrons. The molecule has 0 aromatic heterocycles. The number of benzene rings is 1. The first-order valence-electron chi connectivity index (χ1n) is 6.92. The highest BCUT2D eigenvalue weighted by Gasteiger charge is 2.51. The first-order chi connectivity index (χ1) is 8.77. The Morgan fingerprint density at radius 2 is 1.68 bits per heavy atom. The summed E-state index contributed by atoms with van der Waals surface area (Å²) in [4.78, 5) is 0. The van der Waals surface area contributed by atoms with E-state index in [4.69, 9.17) is 15.0 Å². The van der Waals surface area contributed by atoms with Crippen molar-refractivity contribution in [2.75, 3.05) is 6.54 Å². The highest BCUT2D eigenvalue weighted by molar-refractivity contribution is 6.62. The van der Waals surface area contributed by atoms with Crippen LogP contribution in [0.25, 0.3) is 0 Å². The lowest BCUT2D eigenvalue weighted by molar-refractivity contribution is 0.00578. The Balaban J connectivity index is 2.25. The Morgan fingerprint density at radius 3 is 2.16 bits per heavy atom. The molecular weight excluding hydrogens is 237 g/mol. The van der Waals surface area contributed by atoms with Crippen molar-refractivity contribution in [3.63, 3.8) is 0 Å². The molecule has 1 saturated heterocycles. The molecule has 1 aliphatic rings. The largest absolute Gasteiger partial charge is 0.495 e. The van der Waals surface area contributed by atoms with E-state index in [0.717, 1.165) is 11.9 Å². The van der Waals surface area contributed by atoms with Crippen molar-refractivity contribution in [2.24, 2.45) is 5.73 Å². The molecule has 1 aromatic carbocycles. The Labute approximate surface area is 116 Å². The molecule has 0 atom stereocenters. The van der Waals surface area contributed by atoms with Gasteiger partial charge in [-0.15, -0.1) is 0 Å². The molecule has 0 aliphatic carbocycles. The van der Waals surface area contributed by atoms with Crippen molar-refractivity contribution >= 4 is 12.6 Å². The van der Waals surface area contributed by atoms with E-state index in [9.17, 15) is 0 Å². The van der Waals surface area contributed by atoms with Crippen LogP contribution in [0.4, 0.5) is 0 Å². The van der Waals surface area contributed by atoms with Crippen LogP contribution in [-0.2, 0) is 15.7 Å². The predicted molar refractivity (Wildman–Crippen MR) is 79.7 cm³/mol. The molecule has 2 rings (SSSR count). The molecule has 3 nitrogen and oxygen atoms in total. The molecule has 4 heteroatoms. The SMILES string of the molecule is Cc1cc(CCN)ccc1B1OC(C)(C)C(C)(C)O1. The van der Waals surface area contributed by atoms with Gasteiger partial charge in [0.05, 0.1) is 11.2 Å². The van der Waals surface area contributed by atoms with Crippen LogP contribution in [0.5, 0.6) is 0 Å². The number of hydrogen-bond acceptors (Lipinski definition) is 3. The molecule has 1 aromatic rings. The minimum atomic E-state index is -0.292. The van der Waals surface area contributed by atoms with Crippen LogP contribution in [0.1, 0.15) is 38.8 Å². The molecule has 0 saturated carbocycles. The maximum absolute atomic E-state index is 6.08. The third kappa shape index (κ3) is 2.71. The van der Waals surface area contributed by atoms with Gasteiger partial charge in [0.1, 0.15) is 0 Å². The fourth-order valence-electron chi connectivity index (χ4n) is 2.29. The average Bonchev–Trinajstić information content (AvgIpc) is 2.48. The maximum atomic E-state index is 6.08. The summed E-state index contributed by atoms with van der Waals surface area (Å²) in [7, 11) is -0.281. The maximum Gasteiger partial charge on any atom is 0.495 e. The van der Waals surface area contributed by atoms with E-state index in [2.05, 4.69) is 52.8 Å². The number of rotatable bonds is 3. The lowest BCUT2D eigenvalue weighted by atomic mass is 9.75. The monoisotopic (exact) mass is 261 g/mol. The van der Waals surface area contributed by atoms with Crippen molar-refractivity contribution in [3.05, 3.63) is 29.3 Å². The first kappa shape index (κ1) is 14.6. The van der Waals surface area contributed by atoms with Crippen LogP contribution in [0.3, 0.4) is 0 Å². The second kappa shape index (κ2) is 4.93. The van der Waals surface area contributed by atoms with Gasteiger partial charge in [-0.3, -0.25) is 0 Å². The van der Waals surface area contributed by atoms with Gasteiger partial charge in [-0.2, -0.15) is 0 Å². The Kier molecular flexibility index (Phi) is 3.78. The lowest BCUT2D eigenvalue weighted by Crippen LogP contribution is -2.41. The normalized spacial score (nSPS) is 20.8. The van der Waals surface area contributed by atoms with Crippen LogP contribution in [0.15, 0.2) is 18.2 Å². The van der Waals surface area contributed by atoms with Crippen molar-refractivity contribution in [2.45, 2.75) is 52.2 Å². The van der Waals surface area contributed by atoms with E-state index in [-0.39, 0.29) is 18.3 Å². The molecule has 1 heterocycles. The van der Waals surface area contributed by atoms with E-state index in [1.165, 1.54) is 11.1 Å². The summed E-state index contributed by atoms with van der Waals surface area (Å²) in [6.45, 7) is 11.1. The zero-order chi connectivity index (χ0) is 14.3. The molecule has 0 unspecified atom stereocenters. The molecule has 0 bridgehead atoms. The molecule has 0 amide bonds. The second-order valence-electron chi connectivity index (χ2n) is 6.32. The standard InChI is InChI=1S/C15H24BNO2/c1-11-10-12(8-9-17)6-7-13(11)16-18-14(2,3)15(4,5)19-16/h6-7,10H,8-9,17H2,1-5H3. The highest BCUT2D eigenvalue weighted by Crippen LogP contribution is 2.36. The fourth-order valence-corrected chi connectivity index (χ4v) is 2.29. The smallest absolute Gasteiger partial charge is 0.399 e. The predicted octanol–water partition coefficient (Wildman–Crippen LogP) is 1.80. The fraction of sp³-hybridized carbons (Fsp3) is 0.600. The number of hydrogen-bond donors (Lipinski definition) is 1. The van der Waals surface area contributed by atoms with Gasteiger partial charge in [0.2, 0.25) is 0 Å². The van der Waals surface area contributed by atoms with Gasteiger partial charge in [0.25, 0.3) is 0 Å². The Morgan fingerprint density at radius 1 is 1.11 bits per heavy atom. The molecule has 2 N–H and O–H groups in total. The molecule has 1 aliphatic heterocycles. The van der Waals surface area contributed by atoms with E-state index >= 15 is 0 Å². The summed E-state index contributed by atoms with van der Waals surface area (Å²) >= 11 is 0. The summed E-state index contributed by atoms with van der Waals surface area (Å²) in [5.74, 6) is 0. The summed E-state index contributed by atoms with van der Waals surface area (Å²) in [6.07, 6.45) is 0.907. The van der Waals surface area contributed by atoms with Gasteiger partial charge in [0.15, 0.2) is 0 Å². The van der Waals surface area contributed by atoms with E-state index in [1.54, 1.807) is 0 Å².